The van der Waals surface area contributed by atoms with E-state index in [1.165, 1.54) is 0 Å². The van der Waals surface area contributed by atoms with Gasteiger partial charge >= 0.3 is 5.97 Å². The first-order valence-electron chi connectivity index (χ1n) is 6.06. The van der Waals surface area contributed by atoms with E-state index < -0.39 is 5.97 Å². The van der Waals surface area contributed by atoms with Crippen molar-refractivity contribution >= 4 is 5.97 Å². The predicted octanol–water partition coefficient (Wildman–Crippen LogP) is 3.13. The van der Waals surface area contributed by atoms with Crippen LogP contribution < -0.4 is 0 Å². The maximum atomic E-state index is 11.0. The number of phenols is 1. The van der Waals surface area contributed by atoms with Gasteiger partial charge < -0.3 is 10.2 Å². The minimum atomic E-state index is -0.719. The van der Waals surface area contributed by atoms with E-state index in [0.717, 1.165) is 17.5 Å². The molecule has 2 N–H and O–H groups in total. The van der Waals surface area contributed by atoms with Crippen molar-refractivity contribution in [2.75, 3.05) is 0 Å². The number of carboxylic acid groups (broad SMARTS) is 1. The topological polar surface area (TPSA) is 57.5 Å². The lowest BCUT2D eigenvalue weighted by Crippen LogP contribution is -2.14. The van der Waals surface area contributed by atoms with Crippen LogP contribution in [0.4, 0.5) is 0 Å². The predicted molar refractivity (Wildman–Crippen MR) is 67.2 cm³/mol. The zero-order valence-corrected chi connectivity index (χ0v) is 10.4. The Kier molecular flexibility index (Phi) is 5.01. The molecule has 0 spiro atoms. The Morgan fingerprint density at radius 1 is 1.35 bits per heavy atom. The van der Waals surface area contributed by atoms with Gasteiger partial charge in [-0.3, -0.25) is 4.79 Å². The molecule has 0 fully saturated rings. The minimum Gasteiger partial charge on any atom is -0.508 e. The number of hydrogen-bond donors (Lipinski definition) is 2. The van der Waals surface area contributed by atoms with Gasteiger partial charge in [0, 0.05) is 0 Å². The molecular formula is C14H20O3. The molecule has 3 nitrogen and oxygen atoms in total. The largest absolute Gasteiger partial charge is 0.508 e. The van der Waals surface area contributed by atoms with E-state index >= 15 is 0 Å². The quantitative estimate of drug-likeness (QED) is 0.797. The van der Waals surface area contributed by atoms with E-state index in [1.54, 1.807) is 6.07 Å². The average molecular weight is 236 g/mol. The summed E-state index contributed by atoms with van der Waals surface area (Å²) in [5.74, 6) is -0.712. The summed E-state index contributed by atoms with van der Waals surface area (Å²) in [6.07, 6.45) is 2.93. The molecule has 0 aliphatic carbocycles. The molecule has 0 amide bonds. The van der Waals surface area contributed by atoms with Crippen molar-refractivity contribution in [2.45, 2.75) is 39.5 Å². The van der Waals surface area contributed by atoms with Gasteiger partial charge in [0.1, 0.15) is 5.75 Å². The summed E-state index contributed by atoms with van der Waals surface area (Å²) in [7, 11) is 0. The fourth-order valence-electron chi connectivity index (χ4n) is 1.89. The summed E-state index contributed by atoms with van der Waals surface area (Å²) >= 11 is 0. The molecule has 0 saturated heterocycles. The van der Waals surface area contributed by atoms with Crippen LogP contribution in [0.2, 0.25) is 0 Å². The van der Waals surface area contributed by atoms with Crippen molar-refractivity contribution in [3.63, 3.8) is 0 Å². The van der Waals surface area contributed by atoms with Crippen molar-refractivity contribution in [3.05, 3.63) is 29.3 Å². The third-order valence-electron chi connectivity index (χ3n) is 3.04. The number of phenolic OH excluding ortho intramolecular Hbond substituents is 1. The summed E-state index contributed by atoms with van der Waals surface area (Å²) in [4.78, 5) is 11.0. The third-order valence-corrected chi connectivity index (χ3v) is 3.04. The van der Waals surface area contributed by atoms with Gasteiger partial charge in [-0.2, -0.15) is 0 Å². The molecule has 17 heavy (non-hydrogen) atoms. The second-order valence-corrected chi connectivity index (χ2v) is 4.48. The molecule has 0 saturated carbocycles. The minimum absolute atomic E-state index is 0.275. The van der Waals surface area contributed by atoms with Crippen molar-refractivity contribution in [1.82, 2.24) is 0 Å². The molecule has 0 aliphatic rings. The fourth-order valence-corrected chi connectivity index (χ4v) is 1.89. The zero-order chi connectivity index (χ0) is 12.8. The van der Waals surface area contributed by atoms with Crippen molar-refractivity contribution in [3.8, 4) is 5.75 Å². The van der Waals surface area contributed by atoms with Crippen LogP contribution >= 0.6 is 0 Å². The van der Waals surface area contributed by atoms with Gasteiger partial charge in [0.05, 0.1) is 5.92 Å². The lowest BCUT2D eigenvalue weighted by atomic mass is 9.95. The van der Waals surface area contributed by atoms with Gasteiger partial charge in [0.2, 0.25) is 0 Å². The zero-order valence-electron chi connectivity index (χ0n) is 10.4. The fraction of sp³-hybridized carbons (Fsp3) is 0.500. The van der Waals surface area contributed by atoms with Crippen molar-refractivity contribution < 1.29 is 15.0 Å². The van der Waals surface area contributed by atoms with Gasteiger partial charge in [-0.1, -0.05) is 25.5 Å². The Bertz CT molecular complexity index is 385. The van der Waals surface area contributed by atoms with Gasteiger partial charge in [-0.05, 0) is 43.4 Å². The Balaban J connectivity index is 2.59. The number of benzene rings is 1. The highest BCUT2D eigenvalue weighted by atomic mass is 16.4. The second-order valence-electron chi connectivity index (χ2n) is 4.48. The number of aryl methyl sites for hydroxylation is 2. The molecule has 1 atom stereocenters. The number of carboxylic acids is 1. The number of rotatable bonds is 6. The molecule has 0 bridgehead atoms. The summed E-state index contributed by atoms with van der Waals surface area (Å²) < 4.78 is 0. The normalized spacial score (nSPS) is 12.4. The number of aromatic hydroxyl groups is 1. The molecule has 0 heterocycles. The van der Waals surface area contributed by atoms with Crippen molar-refractivity contribution in [1.29, 1.82) is 0 Å². The van der Waals surface area contributed by atoms with Gasteiger partial charge in [-0.25, -0.2) is 0 Å². The Morgan fingerprint density at radius 2 is 2.06 bits per heavy atom. The summed E-state index contributed by atoms with van der Waals surface area (Å²) in [6, 6.07) is 5.53. The first-order chi connectivity index (χ1) is 8.04. The molecule has 0 aliphatic heterocycles. The number of carbonyl (C=O) groups is 1. The molecule has 0 radical (unpaired) electrons. The smallest absolute Gasteiger partial charge is 0.306 e. The molecule has 94 valence electrons. The average Bonchev–Trinajstić information content (AvgIpc) is 2.28. The van der Waals surface area contributed by atoms with Crippen molar-refractivity contribution in [2.24, 2.45) is 5.92 Å². The van der Waals surface area contributed by atoms with Gasteiger partial charge in [0.25, 0.3) is 0 Å². The SMILES string of the molecule is CCC[C@H](CCc1ccc(C)c(O)c1)C(=O)O. The van der Waals surface area contributed by atoms with Crippen LogP contribution in [0.15, 0.2) is 18.2 Å². The molecule has 1 rings (SSSR count). The molecule has 1 aromatic rings. The van der Waals surface area contributed by atoms with E-state index in [-0.39, 0.29) is 11.7 Å². The van der Waals surface area contributed by atoms with Gasteiger partial charge in [0.15, 0.2) is 0 Å². The molecular weight excluding hydrogens is 216 g/mol. The van der Waals surface area contributed by atoms with Crippen LogP contribution in [0.25, 0.3) is 0 Å². The van der Waals surface area contributed by atoms with Crippen LogP contribution in [0.5, 0.6) is 5.75 Å². The first-order valence-corrected chi connectivity index (χ1v) is 6.06. The summed E-state index contributed by atoms with van der Waals surface area (Å²) in [5.41, 5.74) is 1.84. The standard InChI is InChI=1S/C14H20O3/c1-3-4-12(14(16)17)8-7-11-6-5-10(2)13(15)9-11/h5-6,9,12,15H,3-4,7-8H2,1-2H3,(H,16,17)/t12-/m1/s1. The van der Waals surface area contributed by atoms with E-state index in [4.69, 9.17) is 5.11 Å². The van der Waals surface area contributed by atoms with Crippen LogP contribution in [-0.4, -0.2) is 16.2 Å². The third kappa shape index (κ3) is 4.10. The molecule has 0 unspecified atom stereocenters. The monoisotopic (exact) mass is 236 g/mol. The highest BCUT2D eigenvalue weighted by molar-refractivity contribution is 5.69. The Labute approximate surface area is 102 Å². The number of hydrogen-bond acceptors (Lipinski definition) is 2. The second kappa shape index (κ2) is 6.28. The van der Waals surface area contributed by atoms with E-state index in [2.05, 4.69) is 0 Å². The highest BCUT2D eigenvalue weighted by Crippen LogP contribution is 2.21. The highest BCUT2D eigenvalue weighted by Gasteiger charge is 2.16. The Hall–Kier alpha value is -1.51. The lowest BCUT2D eigenvalue weighted by molar-refractivity contribution is -0.142. The van der Waals surface area contributed by atoms with Crippen LogP contribution in [-0.2, 0) is 11.2 Å². The number of aliphatic carboxylic acids is 1. The lowest BCUT2D eigenvalue weighted by Gasteiger charge is -2.11. The Morgan fingerprint density at radius 3 is 2.59 bits per heavy atom. The first kappa shape index (κ1) is 13.6. The van der Waals surface area contributed by atoms with E-state index in [9.17, 15) is 9.90 Å². The molecule has 0 aromatic heterocycles. The summed E-state index contributed by atoms with van der Waals surface area (Å²) in [6.45, 7) is 3.84. The molecule has 3 heteroatoms. The maximum Gasteiger partial charge on any atom is 0.306 e. The van der Waals surface area contributed by atoms with Crippen LogP contribution in [0, 0.1) is 12.8 Å². The maximum absolute atomic E-state index is 11.0. The van der Waals surface area contributed by atoms with Gasteiger partial charge in [-0.15, -0.1) is 0 Å². The van der Waals surface area contributed by atoms with Crippen LogP contribution in [0.3, 0.4) is 0 Å². The summed E-state index contributed by atoms with van der Waals surface area (Å²) in [5, 5.41) is 18.6. The van der Waals surface area contributed by atoms with E-state index in [1.807, 2.05) is 26.0 Å². The molecule has 1 aromatic carbocycles. The van der Waals surface area contributed by atoms with Crippen LogP contribution in [0.1, 0.15) is 37.3 Å². The van der Waals surface area contributed by atoms with E-state index in [0.29, 0.717) is 19.3 Å².